The van der Waals surface area contributed by atoms with Crippen LogP contribution in [0.3, 0.4) is 0 Å². The van der Waals surface area contributed by atoms with Crippen LogP contribution in [0.25, 0.3) is 0 Å². The van der Waals surface area contributed by atoms with Crippen molar-refractivity contribution in [1.29, 1.82) is 0 Å². The summed E-state index contributed by atoms with van der Waals surface area (Å²) in [5.41, 5.74) is -2.04. The third-order valence-corrected chi connectivity index (χ3v) is 3.89. The van der Waals surface area contributed by atoms with E-state index in [0.717, 1.165) is 6.07 Å². The normalized spacial score (nSPS) is 27.5. The molecule has 0 amide bonds. The van der Waals surface area contributed by atoms with Crippen molar-refractivity contribution in [2.45, 2.75) is 43.4 Å². The Bertz CT molecular complexity index is 500. The molecule has 0 aliphatic heterocycles. The van der Waals surface area contributed by atoms with Crippen molar-refractivity contribution in [3.63, 3.8) is 0 Å². The Kier molecular flexibility index (Phi) is 3.77. The second-order valence-corrected chi connectivity index (χ2v) is 5.07. The van der Waals surface area contributed by atoms with E-state index in [0.29, 0.717) is 19.3 Å². The molecular weight excluding hydrogens is 275 g/mol. The van der Waals surface area contributed by atoms with Gasteiger partial charge in [0.15, 0.2) is 5.69 Å². The molecule has 1 aromatic heterocycles. The van der Waals surface area contributed by atoms with Gasteiger partial charge in [0.25, 0.3) is 0 Å². The summed E-state index contributed by atoms with van der Waals surface area (Å²) in [6.45, 7) is 0. The molecule has 0 saturated heterocycles. The van der Waals surface area contributed by atoms with Gasteiger partial charge in [0, 0.05) is 6.20 Å². The van der Waals surface area contributed by atoms with Crippen molar-refractivity contribution in [2.24, 2.45) is 0 Å². The number of nitrogens with one attached hydrogen (secondary N) is 1. The maximum atomic E-state index is 12.5. The Morgan fingerprint density at radius 2 is 2.30 bits per heavy atom. The van der Waals surface area contributed by atoms with Crippen LogP contribution >= 0.6 is 0 Å². The molecule has 1 fully saturated rings. The molecule has 1 aliphatic carbocycles. The Morgan fingerprint density at radius 1 is 1.60 bits per heavy atom. The molecular formula is C12H16F3N3O2. The van der Waals surface area contributed by atoms with Crippen LogP contribution in [-0.4, -0.2) is 33.4 Å². The summed E-state index contributed by atoms with van der Waals surface area (Å²) in [5, 5.41) is 15.6. The van der Waals surface area contributed by atoms with E-state index < -0.39 is 23.4 Å². The first-order chi connectivity index (χ1) is 9.28. The van der Waals surface area contributed by atoms with Crippen LogP contribution in [0.1, 0.15) is 37.4 Å². The molecule has 1 heterocycles. The number of carboxylic acid groups (broad SMARTS) is 1. The summed E-state index contributed by atoms with van der Waals surface area (Å²) in [5.74, 6) is -0.979. The van der Waals surface area contributed by atoms with Crippen LogP contribution in [-0.2, 0) is 11.0 Å². The Morgan fingerprint density at radius 3 is 2.80 bits per heavy atom. The minimum absolute atomic E-state index is 0.220. The van der Waals surface area contributed by atoms with Gasteiger partial charge < -0.3 is 10.4 Å². The number of carboxylic acids is 1. The molecule has 1 saturated carbocycles. The monoisotopic (exact) mass is 291 g/mol. The molecule has 1 aliphatic rings. The highest BCUT2D eigenvalue weighted by Crippen LogP contribution is 2.36. The lowest BCUT2D eigenvalue weighted by Crippen LogP contribution is -2.53. The Labute approximate surface area is 113 Å². The van der Waals surface area contributed by atoms with Crippen LogP contribution < -0.4 is 5.32 Å². The molecule has 0 bridgehead atoms. The fraction of sp³-hybridized carbons (Fsp3) is 0.667. The molecule has 0 radical (unpaired) electrons. The number of nitrogens with zero attached hydrogens (tertiary/aromatic N) is 2. The third kappa shape index (κ3) is 2.65. The highest BCUT2D eigenvalue weighted by Gasteiger charge is 2.43. The summed E-state index contributed by atoms with van der Waals surface area (Å²) in [7, 11) is 1.56. The summed E-state index contributed by atoms with van der Waals surface area (Å²) in [6.07, 6.45) is -1.29. The fourth-order valence-corrected chi connectivity index (χ4v) is 2.69. The van der Waals surface area contributed by atoms with Gasteiger partial charge in [0.05, 0.1) is 6.04 Å². The number of alkyl halides is 3. The fourth-order valence-electron chi connectivity index (χ4n) is 2.69. The maximum absolute atomic E-state index is 12.5. The summed E-state index contributed by atoms with van der Waals surface area (Å²) < 4.78 is 38.8. The van der Waals surface area contributed by atoms with E-state index in [1.165, 1.54) is 10.9 Å². The van der Waals surface area contributed by atoms with E-state index in [1.807, 2.05) is 0 Å². The number of aromatic nitrogens is 2. The number of aliphatic carboxylic acids is 1. The van der Waals surface area contributed by atoms with E-state index in [4.69, 9.17) is 0 Å². The first-order valence-electron chi connectivity index (χ1n) is 6.33. The maximum Gasteiger partial charge on any atom is 0.435 e. The van der Waals surface area contributed by atoms with E-state index in [2.05, 4.69) is 10.4 Å². The minimum Gasteiger partial charge on any atom is -0.480 e. The van der Waals surface area contributed by atoms with Crippen LogP contribution in [0.5, 0.6) is 0 Å². The highest BCUT2D eigenvalue weighted by atomic mass is 19.4. The van der Waals surface area contributed by atoms with Crippen LogP contribution in [0.4, 0.5) is 13.2 Å². The number of hydrogen-bond acceptors (Lipinski definition) is 3. The molecule has 1 aromatic rings. The van der Waals surface area contributed by atoms with Gasteiger partial charge in [-0.1, -0.05) is 0 Å². The van der Waals surface area contributed by atoms with E-state index in [9.17, 15) is 23.1 Å². The molecule has 20 heavy (non-hydrogen) atoms. The average molecular weight is 291 g/mol. The topological polar surface area (TPSA) is 67.2 Å². The highest BCUT2D eigenvalue weighted by molar-refractivity contribution is 5.79. The predicted molar refractivity (Wildman–Crippen MR) is 64.2 cm³/mol. The van der Waals surface area contributed by atoms with Gasteiger partial charge in [-0.05, 0) is 38.8 Å². The second kappa shape index (κ2) is 5.08. The number of rotatable bonds is 3. The number of likely N-dealkylation sites (N-methyl/N-ethyl adjacent to an activating group) is 1. The average Bonchev–Trinajstić information content (AvgIpc) is 2.88. The van der Waals surface area contributed by atoms with Gasteiger partial charge >= 0.3 is 12.1 Å². The molecule has 8 heteroatoms. The van der Waals surface area contributed by atoms with Gasteiger partial charge in [0.2, 0.25) is 0 Å². The number of carbonyl (C=O) groups is 1. The molecule has 112 valence electrons. The lowest BCUT2D eigenvalue weighted by atomic mass is 9.79. The largest absolute Gasteiger partial charge is 0.480 e. The van der Waals surface area contributed by atoms with Crippen molar-refractivity contribution in [2.75, 3.05) is 7.05 Å². The molecule has 2 atom stereocenters. The van der Waals surface area contributed by atoms with Gasteiger partial charge in [-0.2, -0.15) is 18.3 Å². The van der Waals surface area contributed by atoms with Crippen molar-refractivity contribution >= 4 is 5.97 Å². The predicted octanol–water partition coefficient (Wildman–Crippen LogP) is 2.06. The lowest BCUT2D eigenvalue weighted by Gasteiger charge is -2.37. The summed E-state index contributed by atoms with van der Waals surface area (Å²) in [6, 6.07) is 0.569. The molecule has 5 nitrogen and oxygen atoms in total. The quantitative estimate of drug-likeness (QED) is 0.894. The van der Waals surface area contributed by atoms with Crippen molar-refractivity contribution in [3.05, 3.63) is 18.0 Å². The molecule has 0 spiro atoms. The Balaban J connectivity index is 2.21. The zero-order valence-electron chi connectivity index (χ0n) is 10.9. The van der Waals surface area contributed by atoms with Gasteiger partial charge in [-0.15, -0.1) is 0 Å². The van der Waals surface area contributed by atoms with Gasteiger partial charge in [-0.3, -0.25) is 9.48 Å². The van der Waals surface area contributed by atoms with Gasteiger partial charge in [0.1, 0.15) is 5.54 Å². The Hall–Kier alpha value is -1.57. The molecule has 0 aromatic carbocycles. The third-order valence-electron chi connectivity index (χ3n) is 3.89. The lowest BCUT2D eigenvalue weighted by molar-refractivity contribution is -0.147. The van der Waals surface area contributed by atoms with Crippen LogP contribution in [0.15, 0.2) is 12.3 Å². The minimum atomic E-state index is -4.48. The van der Waals surface area contributed by atoms with E-state index in [-0.39, 0.29) is 12.5 Å². The zero-order valence-corrected chi connectivity index (χ0v) is 10.9. The van der Waals surface area contributed by atoms with Crippen molar-refractivity contribution in [3.8, 4) is 0 Å². The molecule has 2 unspecified atom stereocenters. The van der Waals surface area contributed by atoms with E-state index in [1.54, 1.807) is 7.05 Å². The summed E-state index contributed by atoms with van der Waals surface area (Å²) >= 11 is 0. The second-order valence-electron chi connectivity index (χ2n) is 5.07. The molecule has 2 N–H and O–H groups in total. The van der Waals surface area contributed by atoms with Gasteiger partial charge in [-0.25, -0.2) is 0 Å². The van der Waals surface area contributed by atoms with Crippen LogP contribution in [0.2, 0.25) is 0 Å². The van der Waals surface area contributed by atoms with Crippen molar-refractivity contribution in [1.82, 2.24) is 15.1 Å². The van der Waals surface area contributed by atoms with Crippen LogP contribution in [0, 0.1) is 0 Å². The first-order valence-corrected chi connectivity index (χ1v) is 6.33. The van der Waals surface area contributed by atoms with Crippen molar-refractivity contribution < 1.29 is 23.1 Å². The zero-order chi connectivity index (χ0) is 15.0. The standard InChI is InChI=1S/C12H16F3N3O2/c1-16-11(10(19)20)5-2-3-8(7-11)18-6-4-9(17-18)12(13,14)15/h4,6,8,16H,2-3,5,7H2,1H3,(H,19,20). The van der Waals surface area contributed by atoms with E-state index >= 15 is 0 Å². The summed E-state index contributed by atoms with van der Waals surface area (Å²) in [4.78, 5) is 11.4. The number of hydrogen-bond donors (Lipinski definition) is 2. The number of halogens is 3. The first kappa shape index (κ1) is 14.8. The smallest absolute Gasteiger partial charge is 0.435 e. The SMILES string of the molecule is CNC1(C(=O)O)CCCC(n2ccc(C(F)(F)F)n2)C1. The molecule has 2 rings (SSSR count).